The van der Waals surface area contributed by atoms with Gasteiger partial charge in [-0.2, -0.15) is 5.10 Å². The summed E-state index contributed by atoms with van der Waals surface area (Å²) in [7, 11) is 1.16. The molecule has 1 aromatic carbocycles. The van der Waals surface area contributed by atoms with Gasteiger partial charge in [0.05, 0.1) is 26.0 Å². The van der Waals surface area contributed by atoms with E-state index in [0.717, 1.165) is 18.4 Å². The standard InChI is InChI=1S/C17H21N3O5/c1-25-17(24)14(11-21)18-15(22)7-8-16(23)20-10-9-13(19-20)12-5-3-2-4-6-12/h2-6,14,21H,7-11H2,1H3,(H,18,22). The molecule has 1 unspecified atom stereocenters. The molecule has 2 rings (SSSR count). The van der Waals surface area contributed by atoms with Gasteiger partial charge in [-0.3, -0.25) is 9.59 Å². The molecule has 134 valence electrons. The number of hydrogen-bond donors (Lipinski definition) is 2. The van der Waals surface area contributed by atoms with Crippen LogP contribution in [0.2, 0.25) is 0 Å². The lowest BCUT2D eigenvalue weighted by Crippen LogP contribution is -2.44. The van der Waals surface area contributed by atoms with Gasteiger partial charge in [0, 0.05) is 19.3 Å². The number of hydrogen-bond acceptors (Lipinski definition) is 6. The quantitative estimate of drug-likeness (QED) is 0.678. The van der Waals surface area contributed by atoms with Crippen LogP contribution in [0.15, 0.2) is 35.4 Å². The second-order valence-corrected chi connectivity index (χ2v) is 5.51. The number of aliphatic hydroxyl groups is 1. The maximum atomic E-state index is 12.2. The summed E-state index contributed by atoms with van der Waals surface area (Å²) in [6.45, 7) is -0.0880. The van der Waals surface area contributed by atoms with E-state index in [1.54, 1.807) is 0 Å². The number of nitrogens with one attached hydrogen (secondary N) is 1. The Morgan fingerprint density at radius 2 is 2.00 bits per heavy atom. The van der Waals surface area contributed by atoms with Crippen LogP contribution in [0.5, 0.6) is 0 Å². The van der Waals surface area contributed by atoms with Crippen molar-refractivity contribution in [2.45, 2.75) is 25.3 Å². The zero-order valence-electron chi connectivity index (χ0n) is 14.0. The van der Waals surface area contributed by atoms with Crippen LogP contribution in [0.1, 0.15) is 24.8 Å². The van der Waals surface area contributed by atoms with Crippen molar-refractivity contribution in [2.75, 3.05) is 20.3 Å². The van der Waals surface area contributed by atoms with Gasteiger partial charge in [-0.05, 0) is 5.56 Å². The Morgan fingerprint density at radius 1 is 1.28 bits per heavy atom. The highest BCUT2D eigenvalue weighted by atomic mass is 16.5. The lowest BCUT2D eigenvalue weighted by atomic mass is 10.1. The third kappa shape index (κ3) is 5.12. The van der Waals surface area contributed by atoms with E-state index in [1.807, 2.05) is 30.3 Å². The SMILES string of the molecule is COC(=O)C(CO)NC(=O)CCC(=O)N1CCC(c2ccccc2)=N1. The van der Waals surface area contributed by atoms with E-state index < -0.39 is 24.5 Å². The fourth-order valence-electron chi connectivity index (χ4n) is 2.41. The minimum absolute atomic E-state index is 0.0310. The molecule has 1 aliphatic heterocycles. The normalized spacial score (nSPS) is 14.6. The molecule has 1 heterocycles. The maximum absolute atomic E-state index is 12.2. The molecule has 0 saturated carbocycles. The molecule has 0 bridgehead atoms. The highest BCUT2D eigenvalue weighted by molar-refractivity contribution is 6.02. The summed E-state index contributed by atoms with van der Waals surface area (Å²) < 4.78 is 4.46. The van der Waals surface area contributed by atoms with E-state index in [4.69, 9.17) is 5.11 Å². The minimum atomic E-state index is -1.12. The largest absolute Gasteiger partial charge is 0.467 e. The van der Waals surface area contributed by atoms with Gasteiger partial charge in [-0.25, -0.2) is 9.80 Å². The van der Waals surface area contributed by atoms with Crippen molar-refractivity contribution in [1.82, 2.24) is 10.3 Å². The Labute approximate surface area is 145 Å². The molecule has 1 atom stereocenters. The number of carbonyl (C=O) groups is 3. The van der Waals surface area contributed by atoms with Crippen LogP contribution < -0.4 is 5.32 Å². The Kier molecular flexibility index (Phi) is 6.64. The van der Waals surface area contributed by atoms with Crippen LogP contribution in [-0.2, 0) is 19.1 Å². The van der Waals surface area contributed by atoms with Gasteiger partial charge in [0.1, 0.15) is 0 Å². The summed E-state index contributed by atoms with van der Waals surface area (Å²) in [6, 6.07) is 8.47. The molecule has 0 radical (unpaired) electrons. The van der Waals surface area contributed by atoms with Gasteiger partial charge in [0.2, 0.25) is 11.8 Å². The number of aliphatic hydroxyl groups excluding tert-OH is 1. The zero-order chi connectivity index (χ0) is 18.2. The predicted octanol–water partition coefficient (Wildman–Crippen LogP) is 0.0533. The number of ether oxygens (including phenoxy) is 1. The number of carbonyl (C=O) groups excluding carboxylic acids is 3. The van der Waals surface area contributed by atoms with Gasteiger partial charge in [0.15, 0.2) is 6.04 Å². The highest BCUT2D eigenvalue weighted by Gasteiger charge is 2.24. The van der Waals surface area contributed by atoms with E-state index in [-0.39, 0.29) is 18.7 Å². The van der Waals surface area contributed by atoms with E-state index in [2.05, 4.69) is 15.2 Å². The summed E-state index contributed by atoms with van der Waals surface area (Å²) in [6.07, 6.45) is 0.534. The van der Waals surface area contributed by atoms with Crippen molar-refractivity contribution in [3.05, 3.63) is 35.9 Å². The molecule has 0 aliphatic carbocycles. The molecular formula is C17H21N3O5. The highest BCUT2D eigenvalue weighted by Crippen LogP contribution is 2.14. The molecule has 2 amide bonds. The first kappa shape index (κ1) is 18.6. The topological polar surface area (TPSA) is 108 Å². The monoisotopic (exact) mass is 347 g/mol. The van der Waals surface area contributed by atoms with Crippen LogP contribution in [0, 0.1) is 0 Å². The minimum Gasteiger partial charge on any atom is -0.467 e. The van der Waals surface area contributed by atoms with Gasteiger partial charge < -0.3 is 15.2 Å². The van der Waals surface area contributed by atoms with E-state index in [1.165, 1.54) is 5.01 Å². The zero-order valence-corrected chi connectivity index (χ0v) is 14.0. The average Bonchev–Trinajstić information content (AvgIpc) is 3.14. The average molecular weight is 347 g/mol. The van der Waals surface area contributed by atoms with Crippen LogP contribution in [0.4, 0.5) is 0 Å². The van der Waals surface area contributed by atoms with Crippen molar-refractivity contribution in [3.63, 3.8) is 0 Å². The fraction of sp³-hybridized carbons (Fsp3) is 0.412. The Balaban J connectivity index is 1.83. The summed E-state index contributed by atoms with van der Waals surface area (Å²) in [5, 5.41) is 17.1. The van der Waals surface area contributed by atoms with Gasteiger partial charge in [0.25, 0.3) is 0 Å². The Morgan fingerprint density at radius 3 is 2.64 bits per heavy atom. The third-order valence-corrected chi connectivity index (χ3v) is 3.77. The van der Waals surface area contributed by atoms with Crippen LogP contribution >= 0.6 is 0 Å². The van der Waals surface area contributed by atoms with Gasteiger partial charge >= 0.3 is 5.97 Å². The first-order chi connectivity index (χ1) is 12.0. The van der Waals surface area contributed by atoms with Crippen LogP contribution in [0.3, 0.4) is 0 Å². The van der Waals surface area contributed by atoms with Crippen molar-refractivity contribution in [2.24, 2.45) is 5.10 Å². The molecule has 2 N–H and O–H groups in total. The van der Waals surface area contributed by atoms with Crippen molar-refractivity contribution in [3.8, 4) is 0 Å². The molecule has 0 spiro atoms. The number of esters is 1. The first-order valence-corrected chi connectivity index (χ1v) is 7.96. The van der Waals surface area contributed by atoms with E-state index in [9.17, 15) is 14.4 Å². The number of benzene rings is 1. The molecule has 0 fully saturated rings. The second kappa shape index (κ2) is 8.93. The summed E-state index contributed by atoms with van der Waals surface area (Å²) in [5.41, 5.74) is 1.81. The van der Waals surface area contributed by atoms with Crippen molar-refractivity contribution in [1.29, 1.82) is 0 Å². The lowest BCUT2D eigenvalue weighted by Gasteiger charge is -2.14. The lowest BCUT2D eigenvalue weighted by molar-refractivity contribution is -0.146. The van der Waals surface area contributed by atoms with Crippen molar-refractivity contribution >= 4 is 23.5 Å². The number of amides is 2. The Hall–Kier alpha value is -2.74. The number of hydrazone groups is 1. The molecule has 8 heteroatoms. The number of rotatable bonds is 7. The summed E-state index contributed by atoms with van der Waals surface area (Å²) >= 11 is 0. The molecule has 0 saturated heterocycles. The van der Waals surface area contributed by atoms with Gasteiger partial charge in [-0.15, -0.1) is 0 Å². The van der Waals surface area contributed by atoms with E-state index >= 15 is 0 Å². The molecule has 8 nitrogen and oxygen atoms in total. The van der Waals surface area contributed by atoms with Gasteiger partial charge in [-0.1, -0.05) is 30.3 Å². The predicted molar refractivity (Wildman–Crippen MR) is 89.6 cm³/mol. The number of nitrogens with zero attached hydrogens (tertiary/aromatic N) is 2. The number of methoxy groups -OCH3 is 1. The molecular weight excluding hydrogens is 326 g/mol. The van der Waals surface area contributed by atoms with Crippen LogP contribution in [0.25, 0.3) is 0 Å². The van der Waals surface area contributed by atoms with Crippen molar-refractivity contribution < 1.29 is 24.2 Å². The molecule has 1 aromatic rings. The molecule has 1 aliphatic rings. The third-order valence-electron chi connectivity index (χ3n) is 3.77. The smallest absolute Gasteiger partial charge is 0.330 e. The first-order valence-electron chi connectivity index (χ1n) is 7.96. The molecule has 25 heavy (non-hydrogen) atoms. The molecule has 0 aromatic heterocycles. The van der Waals surface area contributed by atoms with Crippen LogP contribution in [-0.4, -0.2) is 59.9 Å². The summed E-state index contributed by atoms with van der Waals surface area (Å²) in [4.78, 5) is 35.3. The fourth-order valence-corrected chi connectivity index (χ4v) is 2.41. The second-order valence-electron chi connectivity index (χ2n) is 5.51. The van der Waals surface area contributed by atoms with E-state index in [0.29, 0.717) is 13.0 Å². The Bertz CT molecular complexity index is 660. The summed E-state index contributed by atoms with van der Waals surface area (Å²) in [5.74, 6) is -1.51. The maximum Gasteiger partial charge on any atom is 0.330 e.